The molecule has 1 rings (SSSR count). The average Bonchev–Trinajstić information content (AvgIpc) is 2.29. The third kappa shape index (κ3) is 3.22. The molecule has 0 fully saturated rings. The maximum Gasteiger partial charge on any atom is 0.129 e. The van der Waals surface area contributed by atoms with Crippen LogP contribution in [-0.2, 0) is 6.54 Å². The summed E-state index contributed by atoms with van der Waals surface area (Å²) >= 11 is 6.06. The second-order valence-corrected chi connectivity index (χ2v) is 3.90. The number of anilines is 1. The van der Waals surface area contributed by atoms with Crippen molar-refractivity contribution >= 4 is 17.4 Å². The smallest absolute Gasteiger partial charge is 0.129 e. The van der Waals surface area contributed by atoms with Gasteiger partial charge in [-0.05, 0) is 25.6 Å². The molecule has 0 radical (unpaired) electrons. The Morgan fingerprint density at radius 2 is 2.38 bits per heavy atom. The minimum atomic E-state index is 0.702. The largest absolute Gasteiger partial charge is 0.353 e. The highest BCUT2D eigenvalue weighted by Crippen LogP contribution is 2.20. The van der Waals surface area contributed by atoms with Crippen LogP contribution in [0.15, 0.2) is 24.9 Å². The van der Waals surface area contributed by atoms with Gasteiger partial charge in [-0.2, -0.15) is 0 Å². The molecule has 16 heavy (non-hydrogen) atoms. The second-order valence-electron chi connectivity index (χ2n) is 3.49. The van der Waals surface area contributed by atoms with Crippen LogP contribution in [0.2, 0.25) is 5.02 Å². The maximum absolute atomic E-state index is 6.06. The molecule has 0 unspecified atom stereocenters. The molecule has 0 saturated carbocycles. The molecule has 0 aromatic carbocycles. The highest BCUT2D eigenvalue weighted by atomic mass is 35.5. The number of halogens is 1. The van der Waals surface area contributed by atoms with E-state index < -0.39 is 0 Å². The van der Waals surface area contributed by atoms with E-state index in [9.17, 15) is 0 Å². The zero-order valence-electron chi connectivity index (χ0n) is 9.83. The number of rotatable bonds is 6. The lowest BCUT2D eigenvalue weighted by molar-refractivity contribution is 0.810. The molecule has 4 heteroatoms. The van der Waals surface area contributed by atoms with Gasteiger partial charge >= 0.3 is 0 Å². The number of nitrogens with one attached hydrogen (secondary N) is 1. The fraction of sp³-hybridized carbons (Fsp3) is 0.417. The molecule has 0 bridgehead atoms. The van der Waals surface area contributed by atoms with Gasteiger partial charge in [-0.1, -0.05) is 17.7 Å². The van der Waals surface area contributed by atoms with Crippen molar-refractivity contribution in [3.8, 4) is 0 Å². The number of hydrogen-bond acceptors (Lipinski definition) is 3. The molecule has 0 amide bonds. The van der Waals surface area contributed by atoms with Crippen molar-refractivity contribution in [2.24, 2.45) is 0 Å². The summed E-state index contributed by atoms with van der Waals surface area (Å²) in [7, 11) is 1.90. The van der Waals surface area contributed by atoms with Gasteiger partial charge in [0.15, 0.2) is 0 Å². The van der Waals surface area contributed by atoms with Gasteiger partial charge in [0.1, 0.15) is 5.82 Å². The number of aromatic nitrogens is 1. The Hall–Kier alpha value is -1.06. The first-order chi connectivity index (χ1) is 7.72. The molecule has 1 N–H and O–H groups in total. The monoisotopic (exact) mass is 239 g/mol. The van der Waals surface area contributed by atoms with Crippen molar-refractivity contribution < 1.29 is 0 Å². The molecule has 0 aliphatic rings. The standard InChI is InChI=1S/C12H18ClN3/c1-4-6-16(5-2)12-7-10(8-14-3)11(13)9-15-12/h4,7,9,14H,1,5-6,8H2,2-3H3. The van der Waals surface area contributed by atoms with Gasteiger partial charge in [0.2, 0.25) is 0 Å². The molecule has 3 nitrogen and oxygen atoms in total. The molecule has 0 aliphatic carbocycles. The number of pyridine rings is 1. The molecule has 0 atom stereocenters. The van der Waals surface area contributed by atoms with Crippen LogP contribution in [0.25, 0.3) is 0 Å². The third-order valence-corrected chi connectivity index (χ3v) is 2.68. The van der Waals surface area contributed by atoms with E-state index in [4.69, 9.17) is 11.6 Å². The lowest BCUT2D eigenvalue weighted by atomic mass is 10.2. The van der Waals surface area contributed by atoms with Crippen molar-refractivity contribution in [3.63, 3.8) is 0 Å². The summed E-state index contributed by atoms with van der Waals surface area (Å²) < 4.78 is 0. The maximum atomic E-state index is 6.06. The number of nitrogens with zero attached hydrogens (tertiary/aromatic N) is 2. The van der Waals surface area contributed by atoms with Crippen LogP contribution < -0.4 is 10.2 Å². The van der Waals surface area contributed by atoms with E-state index in [-0.39, 0.29) is 0 Å². The third-order valence-electron chi connectivity index (χ3n) is 2.34. The molecular weight excluding hydrogens is 222 g/mol. The van der Waals surface area contributed by atoms with Crippen LogP contribution in [0.1, 0.15) is 12.5 Å². The lowest BCUT2D eigenvalue weighted by Crippen LogP contribution is -2.23. The zero-order chi connectivity index (χ0) is 12.0. The molecule has 1 aromatic rings. The fourth-order valence-electron chi connectivity index (χ4n) is 1.51. The van der Waals surface area contributed by atoms with Gasteiger partial charge in [0.25, 0.3) is 0 Å². The Bertz CT molecular complexity index is 352. The fourth-order valence-corrected chi connectivity index (χ4v) is 1.68. The summed E-state index contributed by atoms with van der Waals surface area (Å²) in [6.07, 6.45) is 3.58. The Morgan fingerprint density at radius 3 is 2.94 bits per heavy atom. The molecule has 0 spiro atoms. The van der Waals surface area contributed by atoms with Crippen LogP contribution >= 0.6 is 11.6 Å². The first kappa shape index (κ1) is 13.0. The van der Waals surface area contributed by atoms with E-state index in [2.05, 4.69) is 28.7 Å². The molecule has 0 saturated heterocycles. The van der Waals surface area contributed by atoms with Gasteiger partial charge in [-0.15, -0.1) is 6.58 Å². The van der Waals surface area contributed by atoms with Crippen molar-refractivity contribution in [2.75, 3.05) is 25.0 Å². The predicted octanol–water partition coefficient (Wildman–Crippen LogP) is 2.47. The Balaban J connectivity index is 2.95. The highest BCUT2D eigenvalue weighted by Gasteiger charge is 2.07. The second kappa shape index (κ2) is 6.51. The minimum Gasteiger partial charge on any atom is -0.353 e. The van der Waals surface area contributed by atoms with Crippen molar-refractivity contribution in [2.45, 2.75) is 13.5 Å². The average molecular weight is 240 g/mol. The SMILES string of the molecule is C=CCN(CC)c1cc(CNC)c(Cl)cn1. The van der Waals surface area contributed by atoms with Gasteiger partial charge in [-0.3, -0.25) is 0 Å². The van der Waals surface area contributed by atoms with E-state index in [1.165, 1.54) is 0 Å². The molecule has 0 aliphatic heterocycles. The highest BCUT2D eigenvalue weighted by molar-refractivity contribution is 6.31. The van der Waals surface area contributed by atoms with Crippen LogP contribution in [0.5, 0.6) is 0 Å². The topological polar surface area (TPSA) is 28.2 Å². The van der Waals surface area contributed by atoms with Gasteiger partial charge in [0, 0.05) is 25.8 Å². The summed E-state index contributed by atoms with van der Waals surface area (Å²) in [5.41, 5.74) is 1.07. The van der Waals surface area contributed by atoms with Crippen LogP contribution in [0, 0.1) is 0 Å². The Morgan fingerprint density at radius 1 is 1.62 bits per heavy atom. The van der Waals surface area contributed by atoms with E-state index in [0.717, 1.165) is 31.0 Å². The van der Waals surface area contributed by atoms with Gasteiger partial charge in [-0.25, -0.2) is 4.98 Å². The summed E-state index contributed by atoms with van der Waals surface area (Å²) in [5.74, 6) is 0.942. The van der Waals surface area contributed by atoms with Crippen LogP contribution in [0.3, 0.4) is 0 Å². The summed E-state index contributed by atoms with van der Waals surface area (Å²) in [4.78, 5) is 6.47. The van der Waals surface area contributed by atoms with Gasteiger partial charge < -0.3 is 10.2 Å². The van der Waals surface area contributed by atoms with Crippen molar-refractivity contribution in [1.82, 2.24) is 10.3 Å². The Kier molecular flexibility index (Phi) is 5.29. The van der Waals surface area contributed by atoms with Crippen LogP contribution in [-0.4, -0.2) is 25.1 Å². The van der Waals surface area contributed by atoms with Gasteiger partial charge in [0.05, 0.1) is 5.02 Å². The Labute approximate surface area is 102 Å². The van der Waals surface area contributed by atoms with E-state index in [1.807, 2.05) is 19.2 Å². The normalized spacial score (nSPS) is 10.2. The molecule has 1 heterocycles. The van der Waals surface area contributed by atoms with E-state index >= 15 is 0 Å². The number of likely N-dealkylation sites (N-methyl/N-ethyl adjacent to an activating group) is 1. The van der Waals surface area contributed by atoms with Crippen LogP contribution in [0.4, 0.5) is 5.82 Å². The van der Waals surface area contributed by atoms with E-state index in [1.54, 1.807) is 6.20 Å². The lowest BCUT2D eigenvalue weighted by Gasteiger charge is -2.20. The molecule has 1 aromatic heterocycles. The minimum absolute atomic E-state index is 0.702. The first-order valence-corrected chi connectivity index (χ1v) is 5.75. The summed E-state index contributed by atoms with van der Waals surface area (Å²) in [6, 6.07) is 2.02. The zero-order valence-corrected chi connectivity index (χ0v) is 10.6. The van der Waals surface area contributed by atoms with Crippen molar-refractivity contribution in [3.05, 3.63) is 35.5 Å². The molecular formula is C12H18ClN3. The van der Waals surface area contributed by atoms with Crippen molar-refractivity contribution in [1.29, 1.82) is 0 Å². The summed E-state index contributed by atoms with van der Waals surface area (Å²) in [5, 5.41) is 3.79. The van der Waals surface area contributed by atoms with E-state index in [0.29, 0.717) is 5.02 Å². The number of hydrogen-bond donors (Lipinski definition) is 1. The summed E-state index contributed by atoms with van der Waals surface area (Å²) in [6.45, 7) is 8.29. The predicted molar refractivity (Wildman–Crippen MR) is 70.1 cm³/mol. The molecule has 88 valence electrons. The first-order valence-electron chi connectivity index (χ1n) is 5.37. The quantitative estimate of drug-likeness (QED) is 0.773.